The Morgan fingerprint density at radius 1 is 1.16 bits per heavy atom. The molecule has 2 heterocycles. The van der Waals surface area contributed by atoms with E-state index in [1.165, 1.54) is 0 Å². The van der Waals surface area contributed by atoms with Gasteiger partial charge in [0.2, 0.25) is 0 Å². The van der Waals surface area contributed by atoms with Gasteiger partial charge in [0.15, 0.2) is 0 Å². The minimum Gasteiger partial charge on any atom is -0.466 e. The second-order valence-corrected chi connectivity index (χ2v) is 8.36. The molecule has 6 heteroatoms. The highest BCUT2D eigenvalue weighted by atomic mass is 16.5. The second-order valence-electron chi connectivity index (χ2n) is 8.36. The van der Waals surface area contributed by atoms with Gasteiger partial charge < -0.3 is 9.64 Å². The maximum Gasteiger partial charge on any atom is 0.310 e. The van der Waals surface area contributed by atoms with Gasteiger partial charge in [0, 0.05) is 13.1 Å². The zero-order valence-corrected chi connectivity index (χ0v) is 19.3. The number of likely N-dealkylation sites (tertiary alicyclic amines) is 1. The van der Waals surface area contributed by atoms with Crippen molar-refractivity contribution in [2.24, 2.45) is 5.92 Å². The van der Waals surface area contributed by atoms with Crippen molar-refractivity contribution in [1.29, 1.82) is 0 Å². The molecule has 1 aliphatic rings. The van der Waals surface area contributed by atoms with Gasteiger partial charge in [0.05, 0.1) is 35.2 Å². The zero-order chi connectivity index (χ0) is 22.4. The Hall–Kier alpha value is -2.63. The van der Waals surface area contributed by atoms with E-state index in [0.717, 1.165) is 66.7 Å². The third-order valence-electron chi connectivity index (χ3n) is 5.82. The lowest BCUT2D eigenvalue weighted by molar-refractivity contribution is -0.149. The molecule has 0 N–H and O–H groups in total. The van der Waals surface area contributed by atoms with Crippen LogP contribution in [-0.2, 0) is 22.4 Å². The summed E-state index contributed by atoms with van der Waals surface area (Å²) in [4.78, 5) is 27.9. The van der Waals surface area contributed by atoms with Crippen molar-refractivity contribution in [1.82, 2.24) is 14.7 Å². The van der Waals surface area contributed by atoms with E-state index in [9.17, 15) is 9.59 Å². The Balaban J connectivity index is 2.00. The average Bonchev–Trinajstić information content (AvgIpc) is 3.12. The lowest BCUT2D eigenvalue weighted by atomic mass is 9.96. The van der Waals surface area contributed by atoms with Gasteiger partial charge in [0.25, 0.3) is 5.91 Å². The van der Waals surface area contributed by atoms with Crippen LogP contribution < -0.4 is 0 Å². The summed E-state index contributed by atoms with van der Waals surface area (Å²) in [6.07, 6.45) is 4.96. The Morgan fingerprint density at radius 3 is 2.61 bits per heavy atom. The lowest BCUT2D eigenvalue weighted by Crippen LogP contribution is -2.43. The van der Waals surface area contributed by atoms with Gasteiger partial charge >= 0.3 is 5.97 Å². The van der Waals surface area contributed by atoms with E-state index in [-0.39, 0.29) is 17.8 Å². The van der Waals surface area contributed by atoms with E-state index in [2.05, 4.69) is 32.9 Å². The fourth-order valence-corrected chi connectivity index (χ4v) is 4.38. The van der Waals surface area contributed by atoms with Crippen molar-refractivity contribution < 1.29 is 14.3 Å². The Bertz CT molecular complexity index is 919. The van der Waals surface area contributed by atoms with Gasteiger partial charge in [-0.1, -0.05) is 38.8 Å². The molecule has 1 atom stereocenters. The molecule has 0 radical (unpaired) electrons. The molecule has 2 aromatic rings. The quantitative estimate of drug-likeness (QED) is 0.584. The molecule has 6 nitrogen and oxygen atoms in total. The number of carbonyl (C=O) groups excluding carboxylic acids is 2. The summed E-state index contributed by atoms with van der Waals surface area (Å²) in [5.41, 5.74) is 4.71. The number of hydrogen-bond donors (Lipinski definition) is 0. The molecule has 31 heavy (non-hydrogen) atoms. The van der Waals surface area contributed by atoms with E-state index in [0.29, 0.717) is 19.7 Å². The summed E-state index contributed by atoms with van der Waals surface area (Å²) in [5, 5.41) is 4.91. The predicted octanol–water partition coefficient (Wildman–Crippen LogP) is 4.50. The topological polar surface area (TPSA) is 64.4 Å². The van der Waals surface area contributed by atoms with E-state index in [1.54, 1.807) is 0 Å². The van der Waals surface area contributed by atoms with E-state index < -0.39 is 0 Å². The van der Waals surface area contributed by atoms with E-state index >= 15 is 0 Å². The highest BCUT2D eigenvalue weighted by Crippen LogP contribution is 2.27. The van der Waals surface area contributed by atoms with E-state index in [1.807, 2.05) is 28.6 Å². The minimum absolute atomic E-state index is 0.000184. The molecule has 1 aromatic heterocycles. The molecule has 0 aliphatic carbocycles. The number of esters is 1. The molecule has 1 aromatic carbocycles. The molecule has 1 amide bonds. The standard InChI is InChI=1S/C25H35N3O3/c1-5-10-21-23(24(29)27-15-9-13-19(17-27)25(30)31-7-3)22(11-6-2)28(26-21)20-14-8-12-18(4)16-20/h8,12,14,16,19H,5-7,9-11,13,15,17H2,1-4H3/t19-/m1/s1. The second kappa shape index (κ2) is 10.6. The average molecular weight is 426 g/mol. The van der Waals surface area contributed by atoms with Crippen LogP contribution in [-0.4, -0.2) is 46.3 Å². The summed E-state index contributed by atoms with van der Waals surface area (Å²) in [6.45, 7) is 9.57. The number of benzene rings is 1. The number of nitrogens with zero attached hydrogens (tertiary/aromatic N) is 3. The number of aryl methyl sites for hydroxylation is 2. The highest BCUT2D eigenvalue weighted by molar-refractivity contribution is 5.97. The first-order valence-corrected chi connectivity index (χ1v) is 11.6. The number of hydrogen-bond acceptors (Lipinski definition) is 4. The zero-order valence-electron chi connectivity index (χ0n) is 19.3. The van der Waals surface area contributed by atoms with Crippen LogP contribution in [0, 0.1) is 12.8 Å². The molecule has 3 rings (SSSR count). The van der Waals surface area contributed by atoms with Gasteiger partial charge in [0.1, 0.15) is 0 Å². The Labute approximate surface area is 185 Å². The molecule has 1 fully saturated rings. The third-order valence-corrected chi connectivity index (χ3v) is 5.82. The molecule has 0 bridgehead atoms. The van der Waals surface area contributed by atoms with Gasteiger partial charge in [-0.25, -0.2) is 4.68 Å². The first-order chi connectivity index (χ1) is 15.0. The van der Waals surface area contributed by atoms with Crippen molar-refractivity contribution in [3.63, 3.8) is 0 Å². The molecule has 0 spiro atoms. The van der Waals surface area contributed by atoms with Gasteiger partial charge in [-0.3, -0.25) is 9.59 Å². The van der Waals surface area contributed by atoms with Crippen LogP contribution in [0.15, 0.2) is 24.3 Å². The fraction of sp³-hybridized carbons (Fsp3) is 0.560. The van der Waals surface area contributed by atoms with Crippen LogP contribution in [0.3, 0.4) is 0 Å². The smallest absolute Gasteiger partial charge is 0.310 e. The number of carbonyl (C=O) groups is 2. The summed E-state index contributed by atoms with van der Waals surface area (Å²) in [7, 11) is 0. The first-order valence-electron chi connectivity index (χ1n) is 11.6. The first kappa shape index (κ1) is 23.0. The van der Waals surface area contributed by atoms with Crippen LogP contribution in [0.25, 0.3) is 5.69 Å². The van der Waals surface area contributed by atoms with Gasteiger partial charge in [-0.2, -0.15) is 5.10 Å². The normalized spacial score (nSPS) is 16.4. The van der Waals surface area contributed by atoms with Crippen molar-refractivity contribution in [3.05, 3.63) is 46.8 Å². The maximum absolute atomic E-state index is 13.7. The number of piperidine rings is 1. The number of aromatic nitrogens is 2. The minimum atomic E-state index is -0.242. The summed E-state index contributed by atoms with van der Waals surface area (Å²) < 4.78 is 7.18. The number of amides is 1. The van der Waals surface area contributed by atoms with Crippen LogP contribution in [0.5, 0.6) is 0 Å². The maximum atomic E-state index is 13.7. The van der Waals surface area contributed by atoms with Gasteiger partial charge in [-0.15, -0.1) is 0 Å². The van der Waals surface area contributed by atoms with Crippen molar-refractivity contribution in [2.45, 2.75) is 66.2 Å². The monoisotopic (exact) mass is 425 g/mol. The summed E-state index contributed by atoms with van der Waals surface area (Å²) in [5.74, 6) is -0.438. The third kappa shape index (κ3) is 5.17. The summed E-state index contributed by atoms with van der Waals surface area (Å²) >= 11 is 0. The SMILES string of the molecule is CCCc1nn(-c2cccc(C)c2)c(CCC)c1C(=O)N1CCC[C@@H](C(=O)OCC)C1. The van der Waals surface area contributed by atoms with Crippen molar-refractivity contribution in [2.75, 3.05) is 19.7 Å². The van der Waals surface area contributed by atoms with Crippen LogP contribution in [0.4, 0.5) is 0 Å². The number of rotatable bonds is 8. The van der Waals surface area contributed by atoms with E-state index in [4.69, 9.17) is 9.84 Å². The summed E-state index contributed by atoms with van der Waals surface area (Å²) in [6, 6.07) is 8.24. The molecule has 0 saturated carbocycles. The molecule has 0 unspecified atom stereocenters. The molecular formula is C25H35N3O3. The molecular weight excluding hydrogens is 390 g/mol. The molecule has 168 valence electrons. The van der Waals surface area contributed by atoms with Crippen LogP contribution in [0.1, 0.15) is 73.8 Å². The number of ether oxygens (including phenoxy) is 1. The Morgan fingerprint density at radius 2 is 1.94 bits per heavy atom. The van der Waals surface area contributed by atoms with Gasteiger partial charge in [-0.05, 0) is 57.2 Å². The van der Waals surface area contributed by atoms with Crippen LogP contribution in [0.2, 0.25) is 0 Å². The lowest BCUT2D eigenvalue weighted by Gasteiger charge is -2.31. The fourth-order valence-electron chi connectivity index (χ4n) is 4.38. The molecule has 1 aliphatic heterocycles. The van der Waals surface area contributed by atoms with Crippen molar-refractivity contribution >= 4 is 11.9 Å². The highest BCUT2D eigenvalue weighted by Gasteiger charge is 2.33. The molecule has 1 saturated heterocycles. The van der Waals surface area contributed by atoms with Crippen molar-refractivity contribution in [3.8, 4) is 5.69 Å². The largest absolute Gasteiger partial charge is 0.466 e. The van der Waals surface area contributed by atoms with Crippen LogP contribution >= 0.6 is 0 Å². The Kier molecular flexibility index (Phi) is 7.88. The predicted molar refractivity (Wildman–Crippen MR) is 122 cm³/mol.